The maximum Gasteiger partial charge on any atom is 0.251 e. The van der Waals surface area contributed by atoms with Crippen molar-refractivity contribution in [1.29, 1.82) is 0 Å². The predicted molar refractivity (Wildman–Crippen MR) is 94.1 cm³/mol. The SMILES string of the molecule is O=C1CC(C(=O)NCCNC(=O)c2ccc(F)cc2)c2cc(F)ccc2N1. The molecule has 140 valence electrons. The Kier molecular flexibility index (Phi) is 5.44. The Balaban J connectivity index is 1.54. The van der Waals surface area contributed by atoms with Crippen LogP contribution in [-0.4, -0.2) is 30.8 Å². The zero-order valence-corrected chi connectivity index (χ0v) is 14.2. The number of hydrogen-bond acceptors (Lipinski definition) is 3. The van der Waals surface area contributed by atoms with Gasteiger partial charge < -0.3 is 16.0 Å². The van der Waals surface area contributed by atoms with Crippen molar-refractivity contribution in [3.63, 3.8) is 0 Å². The van der Waals surface area contributed by atoms with Crippen molar-refractivity contribution < 1.29 is 23.2 Å². The molecule has 3 rings (SSSR count). The molecule has 1 unspecified atom stereocenters. The lowest BCUT2D eigenvalue weighted by atomic mass is 9.89. The van der Waals surface area contributed by atoms with Crippen molar-refractivity contribution in [1.82, 2.24) is 10.6 Å². The van der Waals surface area contributed by atoms with Crippen LogP contribution >= 0.6 is 0 Å². The highest BCUT2D eigenvalue weighted by Crippen LogP contribution is 2.32. The highest BCUT2D eigenvalue weighted by molar-refractivity contribution is 6.01. The lowest BCUT2D eigenvalue weighted by molar-refractivity contribution is -0.126. The van der Waals surface area contributed by atoms with Gasteiger partial charge in [0.05, 0.1) is 5.92 Å². The van der Waals surface area contributed by atoms with Crippen LogP contribution in [0.2, 0.25) is 0 Å². The fourth-order valence-electron chi connectivity index (χ4n) is 2.85. The smallest absolute Gasteiger partial charge is 0.251 e. The van der Waals surface area contributed by atoms with Crippen molar-refractivity contribution in [3.05, 3.63) is 65.2 Å². The van der Waals surface area contributed by atoms with E-state index in [1.807, 2.05) is 0 Å². The molecule has 1 aliphatic heterocycles. The average molecular weight is 373 g/mol. The molecule has 3 N–H and O–H groups in total. The van der Waals surface area contributed by atoms with Gasteiger partial charge in [0.15, 0.2) is 0 Å². The molecular formula is C19H17F2N3O3. The molecule has 0 fully saturated rings. The molecule has 3 amide bonds. The summed E-state index contributed by atoms with van der Waals surface area (Å²) in [4.78, 5) is 36.1. The molecular weight excluding hydrogens is 356 g/mol. The highest BCUT2D eigenvalue weighted by Gasteiger charge is 2.30. The van der Waals surface area contributed by atoms with Crippen LogP contribution in [0.5, 0.6) is 0 Å². The first-order chi connectivity index (χ1) is 12.9. The van der Waals surface area contributed by atoms with Gasteiger partial charge in [-0.25, -0.2) is 8.78 Å². The first kappa shape index (κ1) is 18.5. The van der Waals surface area contributed by atoms with Gasteiger partial charge in [-0.3, -0.25) is 14.4 Å². The van der Waals surface area contributed by atoms with Crippen LogP contribution in [0.1, 0.15) is 28.3 Å². The standard InChI is InChI=1S/C19H17F2N3O3/c20-12-3-1-11(2-4-12)18(26)22-7-8-23-19(27)15-10-17(25)24-16-6-5-13(21)9-14(15)16/h1-6,9,15H,7-8,10H2,(H,22,26)(H,23,27)(H,24,25). The molecule has 2 aromatic carbocycles. The zero-order chi connectivity index (χ0) is 19.4. The van der Waals surface area contributed by atoms with Crippen LogP contribution in [-0.2, 0) is 9.59 Å². The molecule has 0 spiro atoms. The lowest BCUT2D eigenvalue weighted by Gasteiger charge is -2.24. The number of nitrogens with one attached hydrogen (secondary N) is 3. The average Bonchev–Trinajstić information content (AvgIpc) is 2.65. The molecule has 8 heteroatoms. The Morgan fingerprint density at radius 2 is 1.67 bits per heavy atom. The Morgan fingerprint density at radius 3 is 2.41 bits per heavy atom. The maximum absolute atomic E-state index is 13.5. The first-order valence-electron chi connectivity index (χ1n) is 8.35. The number of halogens is 2. The monoisotopic (exact) mass is 373 g/mol. The molecule has 2 aromatic rings. The van der Waals surface area contributed by atoms with Gasteiger partial charge in [0, 0.05) is 30.8 Å². The fourth-order valence-corrected chi connectivity index (χ4v) is 2.85. The van der Waals surface area contributed by atoms with E-state index in [2.05, 4.69) is 16.0 Å². The fraction of sp³-hybridized carbons (Fsp3) is 0.211. The lowest BCUT2D eigenvalue weighted by Crippen LogP contribution is -2.39. The quantitative estimate of drug-likeness (QED) is 0.700. The Labute approximate surface area is 154 Å². The second kappa shape index (κ2) is 7.94. The number of fused-ring (bicyclic) bond motifs is 1. The van der Waals surface area contributed by atoms with E-state index >= 15 is 0 Å². The molecule has 27 heavy (non-hydrogen) atoms. The van der Waals surface area contributed by atoms with E-state index in [1.54, 1.807) is 0 Å². The number of anilines is 1. The van der Waals surface area contributed by atoms with E-state index in [-0.39, 0.29) is 25.4 Å². The molecule has 0 bridgehead atoms. The maximum atomic E-state index is 13.5. The highest BCUT2D eigenvalue weighted by atomic mass is 19.1. The van der Waals surface area contributed by atoms with Gasteiger partial charge in [0.2, 0.25) is 11.8 Å². The van der Waals surface area contributed by atoms with Crippen LogP contribution < -0.4 is 16.0 Å². The third kappa shape index (κ3) is 4.46. The van der Waals surface area contributed by atoms with Gasteiger partial charge in [-0.05, 0) is 48.0 Å². The minimum absolute atomic E-state index is 0.0791. The summed E-state index contributed by atoms with van der Waals surface area (Å²) in [6.45, 7) is 0.283. The van der Waals surface area contributed by atoms with E-state index in [0.717, 1.165) is 0 Å². The third-order valence-corrected chi connectivity index (χ3v) is 4.19. The number of carbonyl (C=O) groups is 3. The first-order valence-corrected chi connectivity index (χ1v) is 8.35. The van der Waals surface area contributed by atoms with Gasteiger partial charge in [-0.1, -0.05) is 0 Å². The van der Waals surface area contributed by atoms with Crippen LogP contribution in [0.15, 0.2) is 42.5 Å². The van der Waals surface area contributed by atoms with Crippen LogP contribution in [0.25, 0.3) is 0 Å². The summed E-state index contributed by atoms with van der Waals surface area (Å²) in [6.07, 6.45) is -0.0791. The Bertz CT molecular complexity index is 884. The van der Waals surface area contributed by atoms with Gasteiger partial charge in [-0.2, -0.15) is 0 Å². The summed E-state index contributed by atoms with van der Waals surface area (Å²) in [6, 6.07) is 8.94. The molecule has 0 saturated carbocycles. The predicted octanol–water partition coefficient (Wildman–Crippen LogP) is 1.94. The summed E-state index contributed by atoms with van der Waals surface area (Å²) >= 11 is 0. The van der Waals surface area contributed by atoms with E-state index in [1.165, 1.54) is 42.5 Å². The number of rotatable bonds is 5. The van der Waals surface area contributed by atoms with Crippen molar-refractivity contribution in [3.8, 4) is 0 Å². The molecule has 1 aliphatic rings. The largest absolute Gasteiger partial charge is 0.354 e. The topological polar surface area (TPSA) is 87.3 Å². The molecule has 6 nitrogen and oxygen atoms in total. The van der Waals surface area contributed by atoms with Crippen molar-refractivity contribution >= 4 is 23.4 Å². The molecule has 1 heterocycles. The number of hydrogen-bond donors (Lipinski definition) is 3. The van der Waals surface area contributed by atoms with Gasteiger partial charge in [0.1, 0.15) is 11.6 Å². The van der Waals surface area contributed by atoms with E-state index < -0.39 is 29.4 Å². The number of carbonyl (C=O) groups excluding carboxylic acids is 3. The van der Waals surface area contributed by atoms with Crippen LogP contribution in [0.3, 0.4) is 0 Å². The van der Waals surface area contributed by atoms with Gasteiger partial charge >= 0.3 is 0 Å². The van der Waals surface area contributed by atoms with Crippen LogP contribution in [0.4, 0.5) is 14.5 Å². The van der Waals surface area contributed by atoms with Crippen molar-refractivity contribution in [2.24, 2.45) is 0 Å². The van der Waals surface area contributed by atoms with E-state index in [0.29, 0.717) is 16.8 Å². The molecule has 0 radical (unpaired) electrons. The van der Waals surface area contributed by atoms with Crippen molar-refractivity contribution in [2.45, 2.75) is 12.3 Å². The third-order valence-electron chi connectivity index (χ3n) is 4.19. The molecule has 0 saturated heterocycles. The molecule has 0 aliphatic carbocycles. The minimum atomic E-state index is -0.794. The summed E-state index contributed by atoms with van der Waals surface area (Å²) in [5, 5.41) is 7.84. The van der Waals surface area contributed by atoms with E-state index in [4.69, 9.17) is 0 Å². The summed E-state index contributed by atoms with van der Waals surface area (Å²) in [5.41, 5.74) is 1.14. The van der Waals surface area contributed by atoms with Gasteiger partial charge in [-0.15, -0.1) is 0 Å². The van der Waals surface area contributed by atoms with E-state index in [9.17, 15) is 23.2 Å². The number of amides is 3. The second-order valence-electron chi connectivity index (χ2n) is 6.09. The molecule has 1 atom stereocenters. The number of benzene rings is 2. The van der Waals surface area contributed by atoms with Gasteiger partial charge in [0.25, 0.3) is 5.91 Å². The minimum Gasteiger partial charge on any atom is -0.354 e. The molecule has 0 aromatic heterocycles. The second-order valence-corrected chi connectivity index (χ2v) is 6.09. The summed E-state index contributed by atoms with van der Waals surface area (Å²) in [5.74, 6) is -2.86. The normalized spacial score (nSPS) is 15.5. The Morgan fingerprint density at radius 1 is 1.00 bits per heavy atom. The zero-order valence-electron chi connectivity index (χ0n) is 14.2. The summed E-state index contributed by atoms with van der Waals surface area (Å²) in [7, 11) is 0. The summed E-state index contributed by atoms with van der Waals surface area (Å²) < 4.78 is 26.3. The van der Waals surface area contributed by atoms with Crippen LogP contribution in [0, 0.1) is 11.6 Å². The van der Waals surface area contributed by atoms with Crippen molar-refractivity contribution in [2.75, 3.05) is 18.4 Å². The Hall–Kier alpha value is -3.29.